The van der Waals surface area contributed by atoms with Crippen molar-refractivity contribution in [3.8, 4) is 0 Å². The fourth-order valence-electron chi connectivity index (χ4n) is 3.27. The topological polar surface area (TPSA) is 68.0 Å². The van der Waals surface area contributed by atoms with Crippen molar-refractivity contribution in [2.75, 3.05) is 11.9 Å². The lowest BCUT2D eigenvalue weighted by Gasteiger charge is -2.29. The van der Waals surface area contributed by atoms with E-state index in [1.165, 1.54) is 6.42 Å². The zero-order chi connectivity index (χ0) is 14.7. The van der Waals surface area contributed by atoms with E-state index < -0.39 is 0 Å². The standard InChI is InChI=1S/C17H21N3O/c18-11-13-5-1-2-8-14(13)17(21)20-15-9-3-6-12-7-4-10-19-16(12)15/h3-4,6-7,9-10,13-14H,1-2,5,8,11,18H2,(H,20,21). The maximum Gasteiger partial charge on any atom is 0.227 e. The molecule has 4 nitrogen and oxygen atoms in total. The van der Waals surface area contributed by atoms with Crippen molar-refractivity contribution in [3.05, 3.63) is 36.5 Å². The van der Waals surface area contributed by atoms with Gasteiger partial charge in [0.05, 0.1) is 11.2 Å². The third-order valence-electron chi connectivity index (χ3n) is 4.44. The van der Waals surface area contributed by atoms with E-state index in [2.05, 4.69) is 10.3 Å². The highest BCUT2D eigenvalue weighted by Gasteiger charge is 2.30. The normalized spacial score (nSPS) is 22.1. The summed E-state index contributed by atoms with van der Waals surface area (Å²) in [4.78, 5) is 17.0. The van der Waals surface area contributed by atoms with Crippen molar-refractivity contribution >= 4 is 22.5 Å². The predicted octanol–water partition coefficient (Wildman–Crippen LogP) is 2.94. The van der Waals surface area contributed by atoms with Gasteiger partial charge in [0.15, 0.2) is 0 Å². The Hall–Kier alpha value is -1.94. The number of aromatic nitrogens is 1. The fraction of sp³-hybridized carbons (Fsp3) is 0.412. The van der Waals surface area contributed by atoms with E-state index in [0.717, 1.165) is 35.9 Å². The van der Waals surface area contributed by atoms with Crippen LogP contribution < -0.4 is 11.1 Å². The Morgan fingerprint density at radius 1 is 1.24 bits per heavy atom. The minimum atomic E-state index is 0.0303. The molecule has 1 heterocycles. The van der Waals surface area contributed by atoms with Gasteiger partial charge in [-0.25, -0.2) is 0 Å². The Kier molecular flexibility index (Phi) is 4.15. The monoisotopic (exact) mass is 283 g/mol. The summed E-state index contributed by atoms with van der Waals surface area (Å²) in [7, 11) is 0. The van der Waals surface area contributed by atoms with Crippen molar-refractivity contribution in [3.63, 3.8) is 0 Å². The molecule has 21 heavy (non-hydrogen) atoms. The van der Waals surface area contributed by atoms with Crippen molar-refractivity contribution < 1.29 is 4.79 Å². The Labute approximate surface area is 124 Å². The van der Waals surface area contributed by atoms with Gasteiger partial charge >= 0.3 is 0 Å². The first kappa shape index (κ1) is 14.0. The molecule has 2 atom stereocenters. The molecule has 0 spiro atoms. The highest BCUT2D eigenvalue weighted by atomic mass is 16.1. The van der Waals surface area contributed by atoms with Crippen LogP contribution in [0, 0.1) is 11.8 Å². The first-order valence-corrected chi connectivity index (χ1v) is 7.64. The van der Waals surface area contributed by atoms with E-state index >= 15 is 0 Å². The molecule has 3 N–H and O–H groups in total. The van der Waals surface area contributed by atoms with Crippen LogP contribution in [-0.2, 0) is 4.79 Å². The van der Waals surface area contributed by atoms with Crippen LogP contribution in [0.3, 0.4) is 0 Å². The SMILES string of the molecule is NCC1CCCCC1C(=O)Nc1cccc2cccnc12. The number of amides is 1. The fourth-order valence-corrected chi connectivity index (χ4v) is 3.27. The van der Waals surface area contributed by atoms with Crippen molar-refractivity contribution in [2.24, 2.45) is 17.6 Å². The van der Waals surface area contributed by atoms with E-state index in [4.69, 9.17) is 5.73 Å². The van der Waals surface area contributed by atoms with Gasteiger partial charge in [0, 0.05) is 17.5 Å². The molecule has 3 rings (SSSR count). The lowest BCUT2D eigenvalue weighted by molar-refractivity contribution is -0.122. The van der Waals surface area contributed by atoms with Gasteiger partial charge in [-0.15, -0.1) is 0 Å². The third kappa shape index (κ3) is 2.90. The summed E-state index contributed by atoms with van der Waals surface area (Å²) in [6.07, 6.45) is 6.04. The van der Waals surface area contributed by atoms with Crippen LogP contribution in [0.4, 0.5) is 5.69 Å². The average molecular weight is 283 g/mol. The zero-order valence-electron chi connectivity index (χ0n) is 12.1. The highest BCUT2D eigenvalue weighted by Crippen LogP contribution is 2.31. The first-order chi connectivity index (χ1) is 10.3. The number of carbonyl (C=O) groups excluding carboxylic acids is 1. The van der Waals surface area contributed by atoms with Crippen LogP contribution in [0.1, 0.15) is 25.7 Å². The maximum absolute atomic E-state index is 12.6. The molecule has 1 amide bonds. The second-order valence-electron chi connectivity index (χ2n) is 5.76. The molecule has 0 bridgehead atoms. The summed E-state index contributed by atoms with van der Waals surface area (Å²) in [5, 5.41) is 4.10. The second-order valence-corrected chi connectivity index (χ2v) is 5.76. The molecule has 2 aromatic rings. The molecule has 110 valence electrons. The number of nitrogens with zero attached hydrogens (tertiary/aromatic N) is 1. The van der Waals surface area contributed by atoms with Crippen LogP contribution >= 0.6 is 0 Å². The van der Waals surface area contributed by atoms with Gasteiger partial charge in [-0.2, -0.15) is 0 Å². The molecule has 4 heteroatoms. The summed E-state index contributed by atoms with van der Waals surface area (Å²) in [6, 6.07) is 9.76. The number of hydrogen-bond acceptors (Lipinski definition) is 3. The highest BCUT2D eigenvalue weighted by molar-refractivity contribution is 6.01. The number of anilines is 1. The number of benzene rings is 1. The maximum atomic E-state index is 12.6. The Morgan fingerprint density at radius 3 is 2.90 bits per heavy atom. The Bertz CT molecular complexity index is 635. The summed E-state index contributed by atoms with van der Waals surface area (Å²) in [6.45, 7) is 0.589. The van der Waals surface area contributed by atoms with Crippen LogP contribution in [0.5, 0.6) is 0 Å². The number of para-hydroxylation sites is 1. The Morgan fingerprint density at radius 2 is 2.05 bits per heavy atom. The van der Waals surface area contributed by atoms with Crippen molar-refractivity contribution in [1.29, 1.82) is 0 Å². The van der Waals surface area contributed by atoms with Gasteiger partial charge in [0.2, 0.25) is 5.91 Å². The molecule has 1 fully saturated rings. The van der Waals surface area contributed by atoms with E-state index in [-0.39, 0.29) is 11.8 Å². The molecule has 1 aromatic carbocycles. The van der Waals surface area contributed by atoms with E-state index in [0.29, 0.717) is 12.5 Å². The summed E-state index contributed by atoms with van der Waals surface area (Å²) >= 11 is 0. The predicted molar refractivity (Wildman–Crippen MR) is 84.9 cm³/mol. The molecular weight excluding hydrogens is 262 g/mol. The van der Waals surface area contributed by atoms with Gasteiger partial charge in [-0.3, -0.25) is 9.78 Å². The third-order valence-corrected chi connectivity index (χ3v) is 4.44. The van der Waals surface area contributed by atoms with Crippen LogP contribution in [0.25, 0.3) is 10.9 Å². The smallest absolute Gasteiger partial charge is 0.227 e. The number of carbonyl (C=O) groups is 1. The molecular formula is C17H21N3O. The number of pyridine rings is 1. The lowest BCUT2D eigenvalue weighted by atomic mass is 9.78. The molecule has 2 unspecified atom stereocenters. The molecule has 0 aliphatic heterocycles. The van der Waals surface area contributed by atoms with Crippen LogP contribution in [-0.4, -0.2) is 17.4 Å². The summed E-state index contributed by atoms with van der Waals surface area (Å²) < 4.78 is 0. The zero-order valence-corrected chi connectivity index (χ0v) is 12.1. The number of hydrogen-bond donors (Lipinski definition) is 2. The molecule has 1 aromatic heterocycles. The molecule has 1 saturated carbocycles. The minimum Gasteiger partial charge on any atom is -0.330 e. The van der Waals surface area contributed by atoms with Gasteiger partial charge in [-0.05, 0) is 37.4 Å². The lowest BCUT2D eigenvalue weighted by Crippen LogP contribution is -2.35. The second kappa shape index (κ2) is 6.22. The molecule has 1 aliphatic rings. The number of rotatable bonds is 3. The quantitative estimate of drug-likeness (QED) is 0.910. The summed E-state index contributed by atoms with van der Waals surface area (Å²) in [5.41, 5.74) is 7.46. The average Bonchev–Trinajstić information content (AvgIpc) is 2.55. The minimum absolute atomic E-state index is 0.0303. The van der Waals surface area contributed by atoms with Gasteiger partial charge in [0.1, 0.15) is 0 Å². The van der Waals surface area contributed by atoms with Gasteiger partial charge < -0.3 is 11.1 Å². The number of nitrogens with two attached hydrogens (primary N) is 1. The molecule has 0 saturated heterocycles. The van der Waals surface area contributed by atoms with Gasteiger partial charge in [-0.1, -0.05) is 31.0 Å². The van der Waals surface area contributed by atoms with Crippen LogP contribution in [0.2, 0.25) is 0 Å². The molecule has 1 aliphatic carbocycles. The number of fused-ring (bicyclic) bond motifs is 1. The van der Waals surface area contributed by atoms with E-state index in [1.807, 2.05) is 30.3 Å². The number of nitrogens with one attached hydrogen (secondary N) is 1. The first-order valence-electron chi connectivity index (χ1n) is 7.64. The summed E-state index contributed by atoms with van der Waals surface area (Å²) in [5.74, 6) is 0.424. The van der Waals surface area contributed by atoms with Gasteiger partial charge in [0.25, 0.3) is 0 Å². The van der Waals surface area contributed by atoms with Crippen molar-refractivity contribution in [2.45, 2.75) is 25.7 Å². The Balaban J connectivity index is 1.83. The largest absolute Gasteiger partial charge is 0.330 e. The van der Waals surface area contributed by atoms with Crippen molar-refractivity contribution in [1.82, 2.24) is 4.98 Å². The van der Waals surface area contributed by atoms with Crippen LogP contribution in [0.15, 0.2) is 36.5 Å². The van der Waals surface area contributed by atoms with E-state index in [1.54, 1.807) is 6.20 Å². The van der Waals surface area contributed by atoms with E-state index in [9.17, 15) is 4.79 Å². The molecule has 0 radical (unpaired) electrons.